The molecule has 2 aromatic rings. The molecular formula is C22H30N2OS. The van der Waals surface area contributed by atoms with E-state index in [4.69, 9.17) is 0 Å². The summed E-state index contributed by atoms with van der Waals surface area (Å²) >= 11 is 4.69. The molecule has 26 heavy (non-hydrogen) atoms. The average Bonchev–Trinajstić information content (AvgIpc) is 3.02. The van der Waals surface area contributed by atoms with Crippen LogP contribution >= 0.6 is 12.6 Å². The van der Waals surface area contributed by atoms with Crippen LogP contribution in [0.3, 0.4) is 0 Å². The molecular weight excluding hydrogens is 340 g/mol. The van der Waals surface area contributed by atoms with Crippen molar-refractivity contribution in [1.29, 1.82) is 0 Å². The molecule has 1 heterocycles. The maximum Gasteiger partial charge on any atom is 0.222 e. The number of amides is 1. The Kier molecular flexibility index (Phi) is 6.60. The van der Waals surface area contributed by atoms with Gasteiger partial charge in [0.05, 0.1) is 0 Å². The molecule has 1 aliphatic rings. The van der Waals surface area contributed by atoms with E-state index in [1.165, 1.54) is 16.3 Å². The Morgan fingerprint density at radius 1 is 1.23 bits per heavy atom. The molecule has 0 radical (unpaired) electrons. The Hall–Kier alpha value is -1.52. The third kappa shape index (κ3) is 4.80. The van der Waals surface area contributed by atoms with Gasteiger partial charge in [-0.15, -0.1) is 0 Å². The summed E-state index contributed by atoms with van der Waals surface area (Å²) in [5, 5.41) is 6.39. The van der Waals surface area contributed by atoms with Crippen molar-refractivity contribution in [2.24, 2.45) is 5.92 Å². The smallest absolute Gasteiger partial charge is 0.222 e. The summed E-state index contributed by atoms with van der Waals surface area (Å²) in [4.78, 5) is 14.9. The van der Waals surface area contributed by atoms with Crippen molar-refractivity contribution in [3.63, 3.8) is 0 Å². The summed E-state index contributed by atoms with van der Waals surface area (Å²) in [6.07, 6.45) is 2.57. The highest BCUT2D eigenvalue weighted by Crippen LogP contribution is 2.20. The van der Waals surface area contributed by atoms with Crippen molar-refractivity contribution in [1.82, 2.24) is 10.2 Å². The minimum Gasteiger partial charge on any atom is -0.341 e. The number of hydrogen-bond donors (Lipinski definition) is 2. The molecule has 0 saturated carbocycles. The first-order valence-corrected chi connectivity index (χ1v) is 10.2. The second kappa shape index (κ2) is 8.92. The van der Waals surface area contributed by atoms with Crippen LogP contribution in [0.1, 0.15) is 32.3 Å². The van der Waals surface area contributed by atoms with E-state index in [0.717, 1.165) is 32.5 Å². The van der Waals surface area contributed by atoms with E-state index >= 15 is 0 Å². The number of benzene rings is 2. The van der Waals surface area contributed by atoms with Crippen LogP contribution in [-0.2, 0) is 11.2 Å². The number of nitrogens with zero attached hydrogens (tertiary/aromatic N) is 1. The fourth-order valence-corrected chi connectivity index (χ4v) is 4.07. The molecule has 0 spiro atoms. The zero-order valence-electron chi connectivity index (χ0n) is 15.8. The number of fused-ring (bicyclic) bond motifs is 1. The van der Waals surface area contributed by atoms with Crippen LogP contribution in [0.15, 0.2) is 42.5 Å². The van der Waals surface area contributed by atoms with Gasteiger partial charge in [-0.2, -0.15) is 12.6 Å². The van der Waals surface area contributed by atoms with Crippen molar-refractivity contribution in [3.05, 3.63) is 48.0 Å². The second-order valence-electron chi connectivity index (χ2n) is 7.74. The number of rotatable bonds is 7. The summed E-state index contributed by atoms with van der Waals surface area (Å²) in [5.41, 5.74) is 1.31. The third-order valence-corrected chi connectivity index (χ3v) is 5.81. The minimum atomic E-state index is 0.259. The molecule has 4 heteroatoms. The Morgan fingerprint density at radius 2 is 2.00 bits per heavy atom. The lowest BCUT2D eigenvalue weighted by atomic mass is 10.0. The van der Waals surface area contributed by atoms with Crippen LogP contribution in [0.2, 0.25) is 0 Å². The summed E-state index contributed by atoms with van der Waals surface area (Å²) in [5.74, 6) is 0.639. The van der Waals surface area contributed by atoms with Crippen molar-refractivity contribution >= 4 is 29.3 Å². The Bertz CT molecular complexity index is 741. The zero-order valence-corrected chi connectivity index (χ0v) is 16.7. The van der Waals surface area contributed by atoms with Crippen LogP contribution < -0.4 is 5.32 Å². The van der Waals surface area contributed by atoms with E-state index in [2.05, 4.69) is 74.3 Å². The van der Waals surface area contributed by atoms with Gasteiger partial charge in [0.1, 0.15) is 0 Å². The van der Waals surface area contributed by atoms with Crippen LogP contribution in [0, 0.1) is 5.92 Å². The van der Waals surface area contributed by atoms with Gasteiger partial charge in [0.25, 0.3) is 0 Å². The first-order valence-electron chi connectivity index (χ1n) is 9.70. The highest BCUT2D eigenvalue weighted by atomic mass is 32.1. The van der Waals surface area contributed by atoms with Crippen molar-refractivity contribution in [2.75, 3.05) is 19.6 Å². The van der Waals surface area contributed by atoms with Gasteiger partial charge in [-0.05, 0) is 41.6 Å². The van der Waals surface area contributed by atoms with Crippen LogP contribution in [0.4, 0.5) is 0 Å². The van der Waals surface area contributed by atoms with Gasteiger partial charge in [0.2, 0.25) is 5.91 Å². The molecule has 1 N–H and O–H groups in total. The minimum absolute atomic E-state index is 0.259. The van der Waals surface area contributed by atoms with Crippen molar-refractivity contribution in [3.8, 4) is 0 Å². The topological polar surface area (TPSA) is 32.3 Å². The van der Waals surface area contributed by atoms with Crippen molar-refractivity contribution < 1.29 is 4.79 Å². The van der Waals surface area contributed by atoms with Gasteiger partial charge in [0, 0.05) is 30.8 Å². The van der Waals surface area contributed by atoms with Crippen LogP contribution in [0.5, 0.6) is 0 Å². The second-order valence-corrected chi connectivity index (χ2v) is 8.41. The first-order chi connectivity index (χ1) is 12.5. The van der Waals surface area contributed by atoms with E-state index in [1.807, 2.05) is 4.90 Å². The molecule has 3 rings (SSSR count). The lowest BCUT2D eigenvalue weighted by Gasteiger charge is -2.28. The largest absolute Gasteiger partial charge is 0.341 e. The van der Waals surface area contributed by atoms with E-state index in [-0.39, 0.29) is 5.91 Å². The van der Waals surface area contributed by atoms with Gasteiger partial charge >= 0.3 is 0 Å². The van der Waals surface area contributed by atoms with Gasteiger partial charge in [-0.25, -0.2) is 0 Å². The van der Waals surface area contributed by atoms with E-state index in [1.54, 1.807) is 0 Å². The highest BCUT2D eigenvalue weighted by Gasteiger charge is 2.27. The fourth-order valence-electron chi connectivity index (χ4n) is 3.74. The molecule has 0 aliphatic carbocycles. The number of thiol groups is 1. The summed E-state index contributed by atoms with van der Waals surface area (Å²) in [6, 6.07) is 15.2. The normalized spacial score (nSPS) is 20.0. The molecule has 1 aliphatic heterocycles. The van der Waals surface area contributed by atoms with E-state index < -0.39 is 0 Å². The van der Waals surface area contributed by atoms with Crippen LogP contribution in [-0.4, -0.2) is 41.7 Å². The molecule has 1 fully saturated rings. The maximum atomic E-state index is 12.8. The van der Waals surface area contributed by atoms with Gasteiger partial charge in [0.15, 0.2) is 0 Å². The number of nitrogens with one attached hydrogen (secondary N) is 1. The lowest BCUT2D eigenvalue weighted by molar-refractivity contribution is -0.132. The Morgan fingerprint density at radius 3 is 2.73 bits per heavy atom. The predicted molar refractivity (Wildman–Crippen MR) is 113 cm³/mol. The van der Waals surface area contributed by atoms with Crippen LogP contribution in [0.25, 0.3) is 10.8 Å². The van der Waals surface area contributed by atoms with Gasteiger partial charge in [-0.1, -0.05) is 56.3 Å². The molecule has 2 atom stereocenters. The number of carbonyl (C=O) groups excluding carboxylic acids is 1. The molecule has 0 unspecified atom stereocenters. The van der Waals surface area contributed by atoms with Gasteiger partial charge < -0.3 is 10.2 Å². The number of carbonyl (C=O) groups is 1. The lowest BCUT2D eigenvalue weighted by Crippen LogP contribution is -2.45. The summed E-state index contributed by atoms with van der Waals surface area (Å²) in [7, 11) is 0. The monoisotopic (exact) mass is 370 g/mol. The molecule has 1 amide bonds. The molecule has 0 aromatic heterocycles. The summed E-state index contributed by atoms with van der Waals surface area (Å²) in [6.45, 7) is 6.73. The number of hydrogen-bond acceptors (Lipinski definition) is 3. The van der Waals surface area contributed by atoms with Crippen molar-refractivity contribution in [2.45, 2.75) is 44.4 Å². The Labute approximate surface area is 162 Å². The average molecular weight is 371 g/mol. The maximum absolute atomic E-state index is 12.8. The predicted octanol–water partition coefficient (Wildman–Crippen LogP) is 3.92. The molecule has 140 valence electrons. The molecule has 2 aromatic carbocycles. The third-order valence-electron chi connectivity index (χ3n) is 5.19. The molecule has 1 saturated heterocycles. The zero-order chi connectivity index (χ0) is 18.5. The molecule has 3 nitrogen and oxygen atoms in total. The SMILES string of the molecule is CC(C)CC(=O)N(CCc1cccc2ccccc12)C[C@H]1NCC[C@H]1S. The standard InChI is InChI=1S/C22H30N2OS/c1-16(2)14-22(25)24(15-20-21(26)10-12-23-20)13-11-18-8-5-7-17-6-3-4-9-19(17)18/h3-9,16,20-21,23,26H,10-15H2,1-2H3/t20-,21-/m1/s1. The summed E-state index contributed by atoms with van der Waals surface area (Å²) < 4.78 is 0. The first kappa shape index (κ1) is 19.2. The quantitative estimate of drug-likeness (QED) is 0.724. The van der Waals surface area contributed by atoms with E-state index in [9.17, 15) is 4.79 Å². The van der Waals surface area contributed by atoms with E-state index in [0.29, 0.717) is 23.6 Å². The fraction of sp³-hybridized carbons (Fsp3) is 0.500. The highest BCUT2D eigenvalue weighted by molar-refractivity contribution is 7.81. The molecule has 0 bridgehead atoms. The Balaban J connectivity index is 1.72. The van der Waals surface area contributed by atoms with Gasteiger partial charge in [-0.3, -0.25) is 4.79 Å².